The predicted octanol–water partition coefficient (Wildman–Crippen LogP) is 1.89. The van der Waals surface area contributed by atoms with Gasteiger partial charge in [0.05, 0.1) is 5.69 Å². The molecule has 1 saturated heterocycles. The number of nitrogens with two attached hydrogens (primary N) is 1. The molecular weight excluding hydrogens is 250 g/mol. The van der Waals surface area contributed by atoms with Crippen LogP contribution in [0.4, 0.5) is 14.6 Å². The summed E-state index contributed by atoms with van der Waals surface area (Å²) in [6.45, 7) is 1.59. The number of halogens is 2. The lowest BCUT2D eigenvalue weighted by Crippen LogP contribution is -2.26. The van der Waals surface area contributed by atoms with E-state index in [9.17, 15) is 8.78 Å². The van der Waals surface area contributed by atoms with E-state index in [2.05, 4.69) is 10.2 Å². The van der Waals surface area contributed by atoms with Gasteiger partial charge in [0, 0.05) is 36.8 Å². The number of anilines is 1. The average molecular weight is 264 g/mol. The molecule has 0 bridgehead atoms. The summed E-state index contributed by atoms with van der Waals surface area (Å²) in [4.78, 5) is 2.05. The van der Waals surface area contributed by atoms with Gasteiger partial charge in [0.2, 0.25) is 0 Å². The first-order valence-electron chi connectivity index (χ1n) is 6.15. The first-order valence-corrected chi connectivity index (χ1v) is 6.15. The van der Waals surface area contributed by atoms with E-state index in [1.807, 2.05) is 4.90 Å². The molecule has 0 saturated carbocycles. The molecule has 0 spiro atoms. The van der Waals surface area contributed by atoms with Crippen molar-refractivity contribution in [1.82, 2.24) is 10.2 Å². The van der Waals surface area contributed by atoms with Gasteiger partial charge in [-0.05, 0) is 18.6 Å². The predicted molar refractivity (Wildman–Crippen MR) is 68.7 cm³/mol. The fraction of sp³-hybridized carbons (Fsp3) is 0.308. The lowest BCUT2D eigenvalue weighted by molar-refractivity contribution is 0.585. The molecule has 1 aliphatic heterocycles. The second kappa shape index (κ2) is 4.62. The van der Waals surface area contributed by atoms with Crippen molar-refractivity contribution in [2.45, 2.75) is 12.5 Å². The number of nitrogens with one attached hydrogen (secondary N) is 1. The zero-order valence-electron chi connectivity index (χ0n) is 10.2. The van der Waals surface area contributed by atoms with Gasteiger partial charge in [0.1, 0.15) is 11.6 Å². The summed E-state index contributed by atoms with van der Waals surface area (Å²) >= 11 is 0. The molecule has 2 heterocycles. The smallest absolute Gasteiger partial charge is 0.151 e. The molecule has 3 N–H and O–H groups in total. The van der Waals surface area contributed by atoms with Gasteiger partial charge in [-0.2, -0.15) is 5.10 Å². The molecule has 1 atom stereocenters. The molecular formula is C13H14F2N4. The molecule has 3 rings (SSSR count). The first kappa shape index (κ1) is 12.1. The van der Waals surface area contributed by atoms with Gasteiger partial charge < -0.3 is 10.6 Å². The van der Waals surface area contributed by atoms with Gasteiger partial charge in [-0.1, -0.05) is 0 Å². The Morgan fingerprint density at radius 1 is 1.32 bits per heavy atom. The number of hydrogen-bond acceptors (Lipinski definition) is 3. The van der Waals surface area contributed by atoms with Crippen molar-refractivity contribution in [1.29, 1.82) is 0 Å². The molecule has 6 heteroatoms. The maximum Gasteiger partial charge on any atom is 0.151 e. The minimum atomic E-state index is -0.603. The summed E-state index contributed by atoms with van der Waals surface area (Å²) in [5.74, 6) is -0.452. The van der Waals surface area contributed by atoms with Crippen LogP contribution in [-0.4, -0.2) is 29.3 Å². The first-order chi connectivity index (χ1) is 9.13. The summed E-state index contributed by atoms with van der Waals surface area (Å²) in [5, 5.41) is 6.94. The van der Waals surface area contributed by atoms with E-state index in [1.54, 1.807) is 6.07 Å². The summed E-state index contributed by atoms with van der Waals surface area (Å²) in [6.07, 6.45) is 0.924. The van der Waals surface area contributed by atoms with E-state index in [-0.39, 0.29) is 6.04 Å². The maximum atomic E-state index is 13.7. The normalized spacial score (nSPS) is 19.1. The molecule has 1 unspecified atom stereocenters. The standard InChI is InChI=1S/C13H14F2N4/c14-8-1-2-10(11(15)5-8)12-6-13(18-17-12)19-4-3-9(16)7-19/h1-2,5-6,9H,3-4,7,16H2,(H,17,18). The third-order valence-electron chi connectivity index (χ3n) is 3.33. The minimum absolute atomic E-state index is 0.155. The number of nitrogens with zero attached hydrogens (tertiary/aromatic N) is 2. The lowest BCUT2D eigenvalue weighted by Gasteiger charge is -2.13. The average Bonchev–Trinajstić information content (AvgIpc) is 2.97. The fourth-order valence-electron chi connectivity index (χ4n) is 2.31. The Bertz CT molecular complexity index is 596. The van der Waals surface area contributed by atoms with Crippen LogP contribution in [0.1, 0.15) is 6.42 Å². The van der Waals surface area contributed by atoms with Crippen LogP contribution in [0.3, 0.4) is 0 Å². The number of H-pyrrole nitrogens is 1. The fourth-order valence-corrected chi connectivity index (χ4v) is 2.31. The van der Waals surface area contributed by atoms with Crippen LogP contribution in [0.5, 0.6) is 0 Å². The monoisotopic (exact) mass is 264 g/mol. The van der Waals surface area contributed by atoms with E-state index in [0.29, 0.717) is 11.3 Å². The molecule has 19 heavy (non-hydrogen) atoms. The molecule has 1 aromatic carbocycles. The van der Waals surface area contributed by atoms with Gasteiger partial charge in [0.15, 0.2) is 5.82 Å². The third kappa shape index (κ3) is 2.31. The van der Waals surface area contributed by atoms with Crippen molar-refractivity contribution in [3.63, 3.8) is 0 Å². The van der Waals surface area contributed by atoms with Crippen LogP contribution in [0.2, 0.25) is 0 Å². The van der Waals surface area contributed by atoms with Crippen LogP contribution >= 0.6 is 0 Å². The summed E-state index contributed by atoms with van der Waals surface area (Å²) < 4.78 is 26.5. The van der Waals surface area contributed by atoms with E-state index in [4.69, 9.17) is 5.73 Å². The highest BCUT2D eigenvalue weighted by molar-refractivity contribution is 5.64. The number of aromatic nitrogens is 2. The van der Waals surface area contributed by atoms with Crippen molar-refractivity contribution < 1.29 is 8.78 Å². The second-order valence-corrected chi connectivity index (χ2v) is 4.76. The van der Waals surface area contributed by atoms with Crippen LogP contribution in [0, 0.1) is 11.6 Å². The zero-order valence-corrected chi connectivity index (χ0v) is 10.2. The highest BCUT2D eigenvalue weighted by atomic mass is 19.1. The second-order valence-electron chi connectivity index (χ2n) is 4.76. The molecule has 1 aromatic heterocycles. The zero-order chi connectivity index (χ0) is 13.4. The molecule has 0 aliphatic carbocycles. The van der Waals surface area contributed by atoms with E-state index < -0.39 is 11.6 Å². The quantitative estimate of drug-likeness (QED) is 0.871. The third-order valence-corrected chi connectivity index (χ3v) is 3.33. The topological polar surface area (TPSA) is 57.9 Å². The molecule has 100 valence electrons. The highest BCUT2D eigenvalue weighted by Crippen LogP contribution is 2.26. The molecule has 2 aromatic rings. The Morgan fingerprint density at radius 2 is 2.16 bits per heavy atom. The van der Waals surface area contributed by atoms with E-state index in [0.717, 1.165) is 31.4 Å². The van der Waals surface area contributed by atoms with Crippen molar-refractivity contribution in [3.8, 4) is 11.3 Å². The maximum absolute atomic E-state index is 13.7. The summed E-state index contributed by atoms with van der Waals surface area (Å²) in [6, 6.07) is 5.40. The van der Waals surface area contributed by atoms with Gasteiger partial charge in [-0.15, -0.1) is 0 Å². The Kier molecular flexibility index (Phi) is 2.94. The highest BCUT2D eigenvalue weighted by Gasteiger charge is 2.21. The minimum Gasteiger partial charge on any atom is -0.354 e. The number of rotatable bonds is 2. The van der Waals surface area contributed by atoms with Crippen molar-refractivity contribution in [2.24, 2.45) is 5.73 Å². The summed E-state index contributed by atoms with van der Waals surface area (Å²) in [5.41, 5.74) is 6.68. The lowest BCUT2D eigenvalue weighted by atomic mass is 10.1. The Labute approximate surface area is 109 Å². The Balaban J connectivity index is 1.88. The Morgan fingerprint density at radius 3 is 2.84 bits per heavy atom. The van der Waals surface area contributed by atoms with Crippen molar-refractivity contribution >= 4 is 5.82 Å². The van der Waals surface area contributed by atoms with Crippen LogP contribution in [-0.2, 0) is 0 Å². The van der Waals surface area contributed by atoms with Gasteiger partial charge in [-0.25, -0.2) is 8.78 Å². The molecule has 0 amide bonds. The summed E-state index contributed by atoms with van der Waals surface area (Å²) in [7, 11) is 0. The molecule has 4 nitrogen and oxygen atoms in total. The van der Waals surface area contributed by atoms with Crippen LogP contribution in [0.15, 0.2) is 24.3 Å². The van der Waals surface area contributed by atoms with Gasteiger partial charge >= 0.3 is 0 Å². The van der Waals surface area contributed by atoms with Gasteiger partial charge in [0.25, 0.3) is 0 Å². The van der Waals surface area contributed by atoms with Crippen molar-refractivity contribution in [2.75, 3.05) is 18.0 Å². The van der Waals surface area contributed by atoms with Gasteiger partial charge in [-0.3, -0.25) is 5.10 Å². The molecule has 0 radical (unpaired) electrons. The van der Waals surface area contributed by atoms with Crippen LogP contribution in [0.25, 0.3) is 11.3 Å². The van der Waals surface area contributed by atoms with Crippen LogP contribution < -0.4 is 10.6 Å². The van der Waals surface area contributed by atoms with E-state index in [1.165, 1.54) is 12.1 Å². The molecule has 1 fully saturated rings. The largest absolute Gasteiger partial charge is 0.354 e. The van der Waals surface area contributed by atoms with Crippen molar-refractivity contribution in [3.05, 3.63) is 35.9 Å². The SMILES string of the molecule is NC1CCN(c2cc(-c3ccc(F)cc3F)[nH]n2)C1. The Hall–Kier alpha value is -1.95. The number of benzene rings is 1. The van der Waals surface area contributed by atoms with E-state index >= 15 is 0 Å². The molecule has 1 aliphatic rings. The number of hydrogen-bond donors (Lipinski definition) is 2. The number of aromatic amines is 1.